The van der Waals surface area contributed by atoms with E-state index < -0.39 is 5.30 Å². The Morgan fingerprint density at radius 3 is 2.92 bits per heavy atom. The maximum Gasteiger partial charge on any atom is 0.527 e. The summed E-state index contributed by atoms with van der Waals surface area (Å²) in [5, 5.41) is 6.56. The van der Waals surface area contributed by atoms with Crippen molar-refractivity contribution in [3.05, 3.63) is 30.1 Å². The van der Waals surface area contributed by atoms with Crippen molar-refractivity contribution in [2.45, 2.75) is 0 Å². The summed E-state index contributed by atoms with van der Waals surface area (Å²) in [7, 11) is 0. The maximum absolute atomic E-state index is 10.4. The smallest absolute Gasteiger partial charge is 0.367 e. The van der Waals surface area contributed by atoms with Crippen LogP contribution in [0.1, 0.15) is 5.56 Å². The summed E-state index contributed by atoms with van der Waals surface area (Å²) >= 11 is 2.60. The summed E-state index contributed by atoms with van der Waals surface area (Å²) in [4.78, 5) is 14.1. The largest absolute Gasteiger partial charge is 0.527 e. The summed E-state index contributed by atoms with van der Waals surface area (Å²) in [6.07, 6.45) is 3.02. The number of pyridine rings is 1. The fourth-order valence-corrected chi connectivity index (χ4v) is 0.751. The highest BCUT2D eigenvalue weighted by molar-refractivity contribution is 7.76. The molecule has 4 nitrogen and oxygen atoms in total. The predicted octanol–water partition coefficient (Wildman–Crippen LogP) is 0.555. The van der Waals surface area contributed by atoms with E-state index in [9.17, 15) is 4.79 Å². The summed E-state index contributed by atoms with van der Waals surface area (Å²) in [6, 6.07) is 3.29. The number of carbonyl (C=O) groups is 1. The Bertz CT molecular complexity index is 300. The minimum Gasteiger partial charge on any atom is -0.367 e. The summed E-state index contributed by atoms with van der Waals surface area (Å²) in [5.74, 6) is -0.219. The fourth-order valence-electron chi connectivity index (χ4n) is 0.649. The van der Waals surface area contributed by atoms with E-state index in [-0.39, 0.29) is 5.90 Å². The third-order valence-corrected chi connectivity index (χ3v) is 1.22. The van der Waals surface area contributed by atoms with Gasteiger partial charge in [0.15, 0.2) is 0 Å². The Labute approximate surface area is 74.5 Å². The van der Waals surface area contributed by atoms with Crippen molar-refractivity contribution in [3.8, 4) is 0 Å². The van der Waals surface area contributed by atoms with Gasteiger partial charge in [-0.1, -0.05) is 0 Å². The number of aromatic nitrogens is 1. The maximum atomic E-state index is 10.4. The van der Waals surface area contributed by atoms with Crippen LogP contribution in [-0.4, -0.2) is 16.2 Å². The first-order valence-electron chi connectivity index (χ1n) is 3.12. The third-order valence-electron chi connectivity index (χ3n) is 1.12. The molecule has 0 amide bonds. The Hall–Kier alpha value is -1.36. The summed E-state index contributed by atoms with van der Waals surface area (Å²) in [5.41, 5.74) is 0.462. The molecule has 0 aliphatic rings. The van der Waals surface area contributed by atoms with Crippen molar-refractivity contribution in [1.82, 2.24) is 4.98 Å². The van der Waals surface area contributed by atoms with Crippen LogP contribution in [0, 0.1) is 5.41 Å². The van der Waals surface area contributed by atoms with E-state index >= 15 is 0 Å². The van der Waals surface area contributed by atoms with E-state index in [4.69, 9.17) is 5.41 Å². The molecular weight excluding hydrogens is 176 g/mol. The van der Waals surface area contributed by atoms with Gasteiger partial charge in [0, 0.05) is 12.4 Å². The molecule has 0 bridgehead atoms. The van der Waals surface area contributed by atoms with E-state index in [0.717, 1.165) is 0 Å². The molecule has 12 heavy (non-hydrogen) atoms. The third kappa shape index (κ3) is 2.35. The van der Waals surface area contributed by atoms with Crippen LogP contribution in [0.3, 0.4) is 0 Å². The van der Waals surface area contributed by atoms with Crippen molar-refractivity contribution < 1.29 is 9.53 Å². The molecule has 1 rings (SSSR count). The first-order valence-corrected chi connectivity index (χ1v) is 3.62. The van der Waals surface area contributed by atoms with Crippen LogP contribution in [0.15, 0.2) is 24.5 Å². The van der Waals surface area contributed by atoms with Crippen molar-refractivity contribution >= 4 is 23.8 Å². The van der Waals surface area contributed by atoms with Crippen LogP contribution < -0.4 is 0 Å². The molecule has 0 saturated carbocycles. The molecular formula is C7H7N2O2S+. The zero-order valence-corrected chi connectivity index (χ0v) is 7.07. The van der Waals surface area contributed by atoms with Gasteiger partial charge in [0.1, 0.15) is 0 Å². The zero-order valence-electron chi connectivity index (χ0n) is 6.07. The standard InChI is InChI=1S/C7H6N2O2S/c8-6(11-7(10)12)5-2-1-3-9-4-5/h1-4,8H,(H,10,12)/p+1. The second-order valence-electron chi connectivity index (χ2n) is 1.96. The SMILES string of the molecule is N=C(OC(=O)[SH2+])c1cccnc1. The van der Waals surface area contributed by atoms with Gasteiger partial charge in [-0.25, -0.2) is 0 Å². The number of hydrogen-bond acceptors (Lipinski definition) is 4. The van der Waals surface area contributed by atoms with E-state index in [2.05, 4.69) is 22.3 Å². The molecule has 0 aliphatic carbocycles. The second-order valence-corrected chi connectivity index (χ2v) is 2.37. The van der Waals surface area contributed by atoms with Gasteiger partial charge in [-0.05, 0) is 12.1 Å². The highest BCUT2D eigenvalue weighted by atomic mass is 32.1. The normalized spacial score (nSPS) is 9.08. The molecule has 1 heterocycles. The molecule has 0 aromatic carbocycles. The second kappa shape index (κ2) is 3.87. The first-order chi connectivity index (χ1) is 5.70. The predicted molar refractivity (Wildman–Crippen MR) is 47.7 cm³/mol. The van der Waals surface area contributed by atoms with Gasteiger partial charge >= 0.3 is 5.30 Å². The van der Waals surface area contributed by atoms with E-state index in [0.29, 0.717) is 5.56 Å². The van der Waals surface area contributed by atoms with Crippen LogP contribution in [0.25, 0.3) is 0 Å². The molecule has 0 aliphatic heterocycles. The highest BCUT2D eigenvalue weighted by Gasteiger charge is 2.08. The molecule has 5 heteroatoms. The number of hydrogen-bond donors (Lipinski definition) is 1. The molecule has 0 radical (unpaired) electrons. The van der Waals surface area contributed by atoms with Crippen LogP contribution in [0.5, 0.6) is 0 Å². The zero-order chi connectivity index (χ0) is 8.97. The average Bonchev–Trinajstić information content (AvgIpc) is 2.05. The molecule has 0 atom stereocenters. The topological polar surface area (TPSA) is 63.0 Å². The lowest BCUT2D eigenvalue weighted by Crippen LogP contribution is -2.08. The van der Waals surface area contributed by atoms with Gasteiger partial charge in [-0.2, -0.15) is 4.79 Å². The summed E-state index contributed by atoms with van der Waals surface area (Å²) in [6.45, 7) is 0. The minimum absolute atomic E-state index is 0.219. The quantitative estimate of drug-likeness (QED) is 0.299. The number of ether oxygens (including phenoxy) is 1. The lowest BCUT2D eigenvalue weighted by Gasteiger charge is -1.97. The Balaban J connectivity index is 2.73. The number of nitrogens with zero attached hydrogens (tertiary/aromatic N) is 1. The molecule has 0 spiro atoms. The lowest BCUT2D eigenvalue weighted by molar-refractivity contribution is 0.224. The molecule has 1 aromatic heterocycles. The van der Waals surface area contributed by atoms with Crippen molar-refractivity contribution in [3.63, 3.8) is 0 Å². The van der Waals surface area contributed by atoms with Crippen LogP contribution in [-0.2, 0) is 17.4 Å². The fraction of sp³-hybridized carbons (Fsp3) is 0. The van der Waals surface area contributed by atoms with Crippen molar-refractivity contribution in [2.24, 2.45) is 0 Å². The average molecular weight is 183 g/mol. The molecule has 0 unspecified atom stereocenters. The van der Waals surface area contributed by atoms with Crippen molar-refractivity contribution in [2.75, 3.05) is 0 Å². The molecule has 0 saturated heterocycles. The van der Waals surface area contributed by atoms with Gasteiger partial charge in [0.2, 0.25) is 5.90 Å². The molecule has 62 valence electrons. The highest BCUT2D eigenvalue weighted by Crippen LogP contribution is 1.98. The monoisotopic (exact) mass is 183 g/mol. The van der Waals surface area contributed by atoms with Crippen molar-refractivity contribution in [1.29, 1.82) is 5.41 Å². The number of rotatable bonds is 1. The van der Waals surface area contributed by atoms with Gasteiger partial charge in [-0.3, -0.25) is 10.4 Å². The van der Waals surface area contributed by atoms with E-state index in [1.807, 2.05) is 0 Å². The van der Waals surface area contributed by atoms with Crippen LogP contribution >= 0.6 is 0 Å². The molecule has 0 fully saturated rings. The van der Waals surface area contributed by atoms with Gasteiger partial charge < -0.3 is 4.74 Å². The van der Waals surface area contributed by atoms with Gasteiger partial charge in [0.05, 0.1) is 18.2 Å². The Morgan fingerprint density at radius 1 is 1.67 bits per heavy atom. The van der Waals surface area contributed by atoms with E-state index in [1.165, 1.54) is 6.20 Å². The van der Waals surface area contributed by atoms with Gasteiger partial charge in [-0.15, -0.1) is 0 Å². The Kier molecular flexibility index (Phi) is 2.82. The minimum atomic E-state index is -0.691. The van der Waals surface area contributed by atoms with E-state index in [1.54, 1.807) is 18.3 Å². The Morgan fingerprint density at radius 2 is 2.42 bits per heavy atom. The first kappa shape index (κ1) is 8.73. The number of carbonyl (C=O) groups excluding carboxylic acids is 1. The molecule has 1 N–H and O–H groups in total. The summed E-state index contributed by atoms with van der Waals surface area (Å²) < 4.78 is 4.45. The number of nitrogens with one attached hydrogen (secondary N) is 1. The lowest BCUT2D eigenvalue weighted by atomic mass is 10.3. The molecule has 1 aromatic rings. The van der Waals surface area contributed by atoms with Crippen LogP contribution in [0.4, 0.5) is 4.79 Å². The van der Waals surface area contributed by atoms with Gasteiger partial charge in [0.25, 0.3) is 0 Å². The van der Waals surface area contributed by atoms with Crippen LogP contribution in [0.2, 0.25) is 0 Å².